The minimum atomic E-state index is -2.09. The van der Waals surface area contributed by atoms with E-state index in [4.69, 9.17) is 23.9 Å². The van der Waals surface area contributed by atoms with Gasteiger partial charge in [0.2, 0.25) is 11.8 Å². The molecule has 3 amide bonds. The van der Waals surface area contributed by atoms with Gasteiger partial charge in [0.05, 0.1) is 47.1 Å². The van der Waals surface area contributed by atoms with Gasteiger partial charge in [-0.2, -0.15) is 0 Å². The van der Waals surface area contributed by atoms with Crippen molar-refractivity contribution in [3.8, 4) is 17.6 Å². The van der Waals surface area contributed by atoms with Crippen LogP contribution in [0.4, 0.5) is 15.6 Å². The molecule has 15 heteroatoms. The molecule has 358 valence electrons. The third kappa shape index (κ3) is 8.49. The number of fused-ring (bicyclic) bond motifs is 4. The number of cyclic esters (lactones) is 1. The summed E-state index contributed by atoms with van der Waals surface area (Å²) in [5.41, 5.74) is 0.0510. The topological polar surface area (TPSA) is 177 Å². The van der Waals surface area contributed by atoms with Crippen LogP contribution >= 0.6 is 11.3 Å². The highest BCUT2D eigenvalue weighted by Crippen LogP contribution is 2.66. The van der Waals surface area contributed by atoms with Gasteiger partial charge in [0.25, 0.3) is 0 Å². The van der Waals surface area contributed by atoms with Gasteiger partial charge in [-0.3, -0.25) is 19.3 Å². The summed E-state index contributed by atoms with van der Waals surface area (Å²) in [6, 6.07) is 34.8. The van der Waals surface area contributed by atoms with Crippen molar-refractivity contribution < 1.29 is 48.3 Å². The molecule has 4 heterocycles. The van der Waals surface area contributed by atoms with Crippen LogP contribution in [0.25, 0.3) is 10.2 Å². The zero-order valence-electron chi connectivity index (χ0n) is 38.5. The van der Waals surface area contributed by atoms with E-state index < -0.39 is 65.0 Å². The number of aliphatic hydroxyl groups excluding tert-OH is 1. The third-order valence-electron chi connectivity index (χ3n) is 13.9. The lowest BCUT2D eigenvalue weighted by atomic mass is 9.65. The Morgan fingerprint density at radius 2 is 1.53 bits per heavy atom. The van der Waals surface area contributed by atoms with Gasteiger partial charge in [0.1, 0.15) is 42.1 Å². The number of nitrogens with one attached hydrogen (secondary N) is 1. The van der Waals surface area contributed by atoms with E-state index in [1.807, 2.05) is 89.8 Å². The van der Waals surface area contributed by atoms with Crippen molar-refractivity contribution in [2.24, 2.45) is 5.92 Å². The summed E-state index contributed by atoms with van der Waals surface area (Å²) >= 11 is 1.24. The second kappa shape index (κ2) is 19.8. The molecule has 5 aromatic carbocycles. The maximum absolute atomic E-state index is 16.5. The molecule has 3 aliphatic heterocycles. The van der Waals surface area contributed by atoms with Gasteiger partial charge in [-0.1, -0.05) is 121 Å². The van der Waals surface area contributed by atoms with Crippen molar-refractivity contribution in [1.82, 2.24) is 9.88 Å². The monoisotopic (exact) mass is 960 g/mol. The smallest absolute Gasteiger partial charge is 0.421 e. The van der Waals surface area contributed by atoms with E-state index in [-0.39, 0.29) is 42.8 Å². The zero-order valence-corrected chi connectivity index (χ0v) is 39.3. The SMILES string of the molecule is COCCOC(=O)N1C(=O)[C@@]2(c3cc(C#CC4(O)CCCCCC4)ccc31)[C@H](C(=O)Nc1nc3ccccc3s1)[C@H]1C(=O)O[C@H](c3ccccc3)[C@H](c3ccccc3)N1[C@@H]2c1ccc(OCCO)cc1. The number of rotatable bonds is 11. The van der Waals surface area contributed by atoms with Crippen molar-refractivity contribution in [2.45, 2.75) is 73.8 Å². The fourth-order valence-corrected chi connectivity index (χ4v) is 11.8. The number of carbonyl (C=O) groups excluding carboxylic acids is 4. The van der Waals surface area contributed by atoms with Crippen LogP contribution in [0.2, 0.25) is 0 Å². The van der Waals surface area contributed by atoms with Crippen LogP contribution in [0.3, 0.4) is 0 Å². The summed E-state index contributed by atoms with van der Waals surface area (Å²) in [7, 11) is 1.46. The molecule has 10 rings (SSSR count). The Kier molecular flexibility index (Phi) is 13.2. The summed E-state index contributed by atoms with van der Waals surface area (Å²) in [6.45, 7) is -0.328. The van der Waals surface area contributed by atoms with Gasteiger partial charge >= 0.3 is 12.1 Å². The second-order valence-electron chi connectivity index (χ2n) is 18.1. The Morgan fingerprint density at radius 1 is 0.829 bits per heavy atom. The molecule has 6 atom stereocenters. The number of thiazole rings is 1. The molecule has 3 fully saturated rings. The number of morpholine rings is 1. The molecule has 1 saturated carbocycles. The maximum atomic E-state index is 16.5. The van der Waals surface area contributed by atoms with Gasteiger partial charge < -0.3 is 34.5 Å². The number of ether oxygens (including phenoxy) is 4. The first-order chi connectivity index (χ1) is 34.1. The third-order valence-corrected chi connectivity index (χ3v) is 14.8. The van der Waals surface area contributed by atoms with E-state index in [1.54, 1.807) is 42.5 Å². The molecule has 1 aliphatic carbocycles. The lowest BCUT2D eigenvalue weighted by molar-refractivity contribution is -0.177. The minimum Gasteiger partial charge on any atom is -0.491 e. The highest BCUT2D eigenvalue weighted by atomic mass is 32.1. The number of benzene rings is 5. The van der Waals surface area contributed by atoms with Crippen LogP contribution < -0.4 is 15.0 Å². The quantitative estimate of drug-likeness (QED) is 0.0492. The molecule has 0 radical (unpaired) electrons. The number of amides is 3. The lowest BCUT2D eigenvalue weighted by Gasteiger charge is -2.46. The number of nitrogens with zero attached hydrogens (tertiary/aromatic N) is 3. The van der Waals surface area contributed by atoms with Crippen molar-refractivity contribution >= 4 is 56.2 Å². The van der Waals surface area contributed by atoms with Crippen LogP contribution in [0.1, 0.15) is 84.5 Å². The fourth-order valence-electron chi connectivity index (χ4n) is 10.9. The summed E-state index contributed by atoms with van der Waals surface area (Å²) in [5, 5.41) is 24.6. The molecule has 2 saturated heterocycles. The van der Waals surface area contributed by atoms with Crippen LogP contribution in [-0.2, 0) is 34.0 Å². The van der Waals surface area contributed by atoms with Crippen LogP contribution in [0, 0.1) is 17.8 Å². The average Bonchev–Trinajstić information content (AvgIpc) is 3.95. The molecule has 6 aromatic rings. The van der Waals surface area contributed by atoms with Gasteiger partial charge in [0.15, 0.2) is 5.13 Å². The largest absolute Gasteiger partial charge is 0.491 e. The number of para-hydroxylation sites is 1. The molecule has 14 nitrogen and oxygen atoms in total. The Bertz CT molecular complexity index is 2930. The van der Waals surface area contributed by atoms with Crippen molar-refractivity contribution in [2.75, 3.05) is 43.8 Å². The predicted octanol–water partition coefficient (Wildman–Crippen LogP) is 8.19. The number of methoxy groups -OCH3 is 1. The predicted molar refractivity (Wildman–Crippen MR) is 262 cm³/mol. The number of carbonyl (C=O) groups is 4. The number of esters is 1. The number of hydrogen-bond acceptors (Lipinski definition) is 13. The average molecular weight is 961 g/mol. The molecule has 0 unspecified atom stereocenters. The Labute approximate surface area is 409 Å². The first-order valence-electron chi connectivity index (χ1n) is 23.6. The maximum Gasteiger partial charge on any atom is 0.421 e. The van der Waals surface area contributed by atoms with E-state index in [0.717, 1.165) is 40.8 Å². The molecule has 1 spiro atoms. The van der Waals surface area contributed by atoms with Crippen molar-refractivity contribution in [3.05, 3.63) is 155 Å². The van der Waals surface area contributed by atoms with Crippen LogP contribution in [0.5, 0.6) is 5.75 Å². The number of hydrogen-bond donors (Lipinski definition) is 3. The Balaban J connectivity index is 1.26. The highest BCUT2D eigenvalue weighted by molar-refractivity contribution is 7.22. The van der Waals surface area contributed by atoms with Crippen LogP contribution in [-0.4, -0.2) is 89.2 Å². The van der Waals surface area contributed by atoms with E-state index in [9.17, 15) is 15.0 Å². The van der Waals surface area contributed by atoms with Crippen LogP contribution in [0.15, 0.2) is 127 Å². The van der Waals surface area contributed by atoms with E-state index >= 15 is 14.4 Å². The Morgan fingerprint density at radius 3 is 2.23 bits per heavy atom. The molecule has 3 N–H and O–H groups in total. The van der Waals surface area contributed by atoms with Gasteiger partial charge in [0, 0.05) is 12.7 Å². The van der Waals surface area contributed by atoms with E-state index in [1.165, 1.54) is 18.4 Å². The van der Waals surface area contributed by atoms with Gasteiger partial charge in [-0.25, -0.2) is 14.7 Å². The molecule has 70 heavy (non-hydrogen) atoms. The first-order valence-corrected chi connectivity index (χ1v) is 24.4. The van der Waals surface area contributed by atoms with Crippen molar-refractivity contribution in [1.29, 1.82) is 0 Å². The molecular weight excluding hydrogens is 909 g/mol. The van der Waals surface area contributed by atoms with Gasteiger partial charge in [-0.05, 0) is 90.4 Å². The van der Waals surface area contributed by atoms with Crippen molar-refractivity contribution in [3.63, 3.8) is 0 Å². The molecule has 1 aromatic heterocycles. The van der Waals surface area contributed by atoms with E-state index in [2.05, 4.69) is 17.2 Å². The summed E-state index contributed by atoms with van der Waals surface area (Å²) in [6.07, 6.45) is 2.71. The highest BCUT2D eigenvalue weighted by Gasteiger charge is 2.76. The lowest BCUT2D eigenvalue weighted by Crippen LogP contribution is -2.54. The number of aromatic nitrogens is 1. The number of anilines is 2. The number of imide groups is 1. The standard InChI is InChI=1S/C55H52N4O10S/c1-66-32-33-68-53(64)58-42-25-20-35(26-29-54(65)27-12-2-3-13-28-54)34-40(42)55(51(58)63)44(49(61)57-52-56-41-18-10-11-19-43(41)70-52)46-50(62)69-47(37-16-8-5-9-17-37)45(36-14-6-4-7-15-36)59(46)48(55)38-21-23-39(24-22-38)67-31-30-60/h4-11,14-25,34,44-48,60,65H,2-3,12-13,27-28,30-33H2,1H3,(H,56,57,61)/t44-,45-,46-,47+,48+,55-/m0/s1. The van der Waals surface area contributed by atoms with E-state index in [0.29, 0.717) is 40.8 Å². The fraction of sp³-hybridized carbons (Fsp3) is 0.327. The zero-order chi connectivity index (χ0) is 48.4. The second-order valence-corrected chi connectivity index (χ2v) is 19.1. The summed E-state index contributed by atoms with van der Waals surface area (Å²) in [4.78, 5) is 70.1. The normalized spacial score (nSPS) is 23.7. The molecular formula is C55H52N4O10S. The number of aliphatic hydroxyl groups is 2. The summed E-state index contributed by atoms with van der Waals surface area (Å²) < 4.78 is 24.2. The minimum absolute atomic E-state index is 0.0283. The summed E-state index contributed by atoms with van der Waals surface area (Å²) in [5.74, 6) is 2.95. The molecule has 4 aliphatic rings. The first kappa shape index (κ1) is 46.8. The Hall–Kier alpha value is -6.93. The van der Waals surface area contributed by atoms with Gasteiger partial charge in [-0.15, -0.1) is 0 Å². The molecule has 0 bridgehead atoms.